The Labute approximate surface area is 171 Å². The summed E-state index contributed by atoms with van der Waals surface area (Å²) in [6, 6.07) is 4.66. The van der Waals surface area contributed by atoms with Gasteiger partial charge in [-0.25, -0.2) is 8.42 Å². The van der Waals surface area contributed by atoms with Crippen molar-refractivity contribution in [2.24, 2.45) is 5.92 Å². The maximum atomic E-state index is 12.4. The summed E-state index contributed by atoms with van der Waals surface area (Å²) in [6.07, 6.45) is 3.78. The summed E-state index contributed by atoms with van der Waals surface area (Å²) >= 11 is 1.37. The zero-order valence-corrected chi connectivity index (χ0v) is 17.4. The average molecular weight is 437 g/mol. The minimum Gasteiger partial charge on any atom is -0.267 e. The molecule has 1 aliphatic rings. The highest BCUT2D eigenvalue weighted by molar-refractivity contribution is 7.90. The van der Waals surface area contributed by atoms with Gasteiger partial charge in [-0.3, -0.25) is 30.6 Å². The average Bonchev–Trinajstić information content (AvgIpc) is 3.07. The van der Waals surface area contributed by atoms with Crippen LogP contribution in [0.5, 0.6) is 0 Å². The predicted molar refractivity (Wildman–Crippen MR) is 107 cm³/mol. The first-order valence-corrected chi connectivity index (χ1v) is 11.5. The maximum Gasteiger partial charge on any atom is 0.279 e. The highest BCUT2D eigenvalue weighted by atomic mass is 32.2. The topological polar surface area (TPSA) is 135 Å². The maximum absolute atomic E-state index is 12.4. The van der Waals surface area contributed by atoms with E-state index in [1.165, 1.54) is 11.3 Å². The summed E-state index contributed by atoms with van der Waals surface area (Å²) in [5.74, 6) is -0.799. The number of non-ortho nitro benzene ring substituents is 1. The van der Waals surface area contributed by atoms with Crippen molar-refractivity contribution in [2.75, 3.05) is 6.26 Å². The van der Waals surface area contributed by atoms with Crippen LogP contribution in [0.25, 0.3) is 0 Å². The summed E-state index contributed by atoms with van der Waals surface area (Å²) in [6.45, 7) is 2.16. The number of fused-ring (bicyclic) bond motifs is 1. The lowest BCUT2D eigenvalue weighted by Crippen LogP contribution is -2.41. The normalized spacial score (nSPS) is 16.0. The Kier molecular flexibility index (Phi) is 5.71. The van der Waals surface area contributed by atoms with Crippen LogP contribution in [0.3, 0.4) is 0 Å². The first kappa shape index (κ1) is 20.9. The molecule has 154 valence electrons. The van der Waals surface area contributed by atoms with Gasteiger partial charge in [0.15, 0.2) is 9.84 Å². The Morgan fingerprint density at radius 2 is 1.86 bits per heavy atom. The summed E-state index contributed by atoms with van der Waals surface area (Å²) < 4.78 is 23.5. The second-order valence-electron chi connectivity index (χ2n) is 7.06. The lowest BCUT2D eigenvalue weighted by Gasteiger charge is -2.16. The molecule has 1 aromatic heterocycles. The molecular weight excluding hydrogens is 418 g/mol. The number of rotatable bonds is 4. The molecule has 0 aliphatic heterocycles. The van der Waals surface area contributed by atoms with Crippen molar-refractivity contribution in [1.82, 2.24) is 10.9 Å². The predicted octanol–water partition coefficient (Wildman–Crippen LogP) is 2.26. The van der Waals surface area contributed by atoms with Crippen molar-refractivity contribution in [3.8, 4) is 0 Å². The van der Waals surface area contributed by atoms with E-state index >= 15 is 0 Å². The van der Waals surface area contributed by atoms with Crippen molar-refractivity contribution in [3.05, 3.63) is 55.3 Å². The quantitative estimate of drug-likeness (QED) is 0.556. The first-order chi connectivity index (χ1) is 13.5. The van der Waals surface area contributed by atoms with E-state index in [1.807, 2.05) is 6.07 Å². The number of amides is 2. The number of nitro benzene ring substituents is 1. The molecule has 1 atom stereocenters. The molecule has 0 saturated heterocycles. The molecule has 0 spiro atoms. The van der Waals surface area contributed by atoms with Crippen LogP contribution in [0.15, 0.2) is 29.2 Å². The number of aryl methyl sites for hydroxylation is 1. The van der Waals surface area contributed by atoms with E-state index in [0.717, 1.165) is 54.2 Å². The van der Waals surface area contributed by atoms with Gasteiger partial charge in [-0.05, 0) is 42.9 Å². The molecule has 2 amide bonds. The van der Waals surface area contributed by atoms with Crippen molar-refractivity contribution < 1.29 is 22.9 Å². The number of benzene rings is 1. The van der Waals surface area contributed by atoms with Crippen LogP contribution in [0.2, 0.25) is 0 Å². The third-order valence-corrected chi connectivity index (χ3v) is 6.96. The van der Waals surface area contributed by atoms with Crippen LogP contribution in [0, 0.1) is 16.0 Å². The largest absolute Gasteiger partial charge is 0.279 e. The monoisotopic (exact) mass is 437 g/mol. The van der Waals surface area contributed by atoms with E-state index in [1.54, 1.807) is 0 Å². The van der Waals surface area contributed by atoms with E-state index in [0.29, 0.717) is 10.8 Å². The number of nitrogens with one attached hydrogen (secondary N) is 2. The van der Waals surface area contributed by atoms with Crippen LogP contribution >= 0.6 is 11.3 Å². The fourth-order valence-corrected chi connectivity index (χ4v) is 4.88. The molecule has 1 heterocycles. The molecule has 3 rings (SSSR count). The van der Waals surface area contributed by atoms with Gasteiger partial charge in [0.05, 0.1) is 14.7 Å². The van der Waals surface area contributed by atoms with Crippen molar-refractivity contribution in [2.45, 2.75) is 31.1 Å². The Morgan fingerprint density at radius 3 is 2.52 bits per heavy atom. The van der Waals surface area contributed by atoms with Gasteiger partial charge in [-0.15, -0.1) is 11.3 Å². The lowest BCUT2D eigenvalue weighted by atomic mass is 9.90. The third kappa shape index (κ3) is 4.80. The highest BCUT2D eigenvalue weighted by Gasteiger charge is 2.22. The summed E-state index contributed by atoms with van der Waals surface area (Å²) in [4.78, 5) is 36.2. The molecule has 0 saturated carbocycles. The molecular formula is C18H19N3O6S2. The number of nitrogens with zero attached hydrogens (tertiary/aromatic N) is 1. The zero-order chi connectivity index (χ0) is 21.3. The number of nitro groups is 1. The molecule has 29 heavy (non-hydrogen) atoms. The van der Waals surface area contributed by atoms with Crippen molar-refractivity contribution in [1.29, 1.82) is 0 Å². The number of hydrogen-bond acceptors (Lipinski definition) is 7. The number of sulfone groups is 1. The number of carbonyl (C=O) groups excluding carboxylic acids is 2. The smallest absolute Gasteiger partial charge is 0.267 e. The van der Waals surface area contributed by atoms with Crippen molar-refractivity contribution >= 4 is 38.7 Å². The molecule has 1 unspecified atom stereocenters. The minimum absolute atomic E-state index is 0.251. The fraction of sp³-hybridized carbons (Fsp3) is 0.333. The van der Waals surface area contributed by atoms with Gasteiger partial charge in [0, 0.05) is 28.8 Å². The highest BCUT2D eigenvalue weighted by Crippen LogP contribution is 2.32. The molecule has 1 aromatic carbocycles. The van der Waals surface area contributed by atoms with E-state index < -0.39 is 32.3 Å². The van der Waals surface area contributed by atoms with Crippen LogP contribution in [-0.4, -0.2) is 31.4 Å². The van der Waals surface area contributed by atoms with E-state index in [-0.39, 0.29) is 10.5 Å². The molecule has 1 aliphatic carbocycles. The second-order valence-corrected chi connectivity index (χ2v) is 10.2. The van der Waals surface area contributed by atoms with Gasteiger partial charge in [0.25, 0.3) is 17.5 Å². The number of hydrogen-bond donors (Lipinski definition) is 2. The van der Waals surface area contributed by atoms with Gasteiger partial charge >= 0.3 is 0 Å². The molecule has 0 radical (unpaired) electrons. The van der Waals surface area contributed by atoms with Gasteiger partial charge in [0.2, 0.25) is 0 Å². The van der Waals surface area contributed by atoms with E-state index in [2.05, 4.69) is 17.8 Å². The van der Waals surface area contributed by atoms with Gasteiger partial charge in [-0.1, -0.05) is 6.92 Å². The van der Waals surface area contributed by atoms with Gasteiger partial charge < -0.3 is 0 Å². The summed E-state index contributed by atoms with van der Waals surface area (Å²) in [7, 11) is -3.77. The molecule has 9 nitrogen and oxygen atoms in total. The molecule has 2 N–H and O–H groups in total. The Balaban J connectivity index is 1.74. The number of carbonyl (C=O) groups is 2. The summed E-state index contributed by atoms with van der Waals surface area (Å²) in [5, 5.41) is 11.0. The fourth-order valence-electron chi connectivity index (χ4n) is 3.10. The number of thiophene rings is 1. The second kappa shape index (κ2) is 7.91. The van der Waals surface area contributed by atoms with E-state index in [9.17, 15) is 28.1 Å². The summed E-state index contributed by atoms with van der Waals surface area (Å²) in [5.41, 5.74) is 4.81. The standard InChI is InChI=1S/C18H19N3O6S2/c1-10-3-4-15-11(5-10)8-16(28-15)18(23)20-19-17(22)12-6-13(21(24)25)9-14(7-12)29(2,26)27/h6-10H,3-5H2,1-2H3,(H,19,22)(H,20,23). The Bertz CT molecular complexity index is 1110. The molecule has 2 aromatic rings. The van der Waals surface area contributed by atoms with Crippen LogP contribution in [-0.2, 0) is 22.7 Å². The third-order valence-electron chi connectivity index (χ3n) is 4.64. The Hall–Kier alpha value is -2.79. The zero-order valence-electron chi connectivity index (χ0n) is 15.7. The first-order valence-electron chi connectivity index (χ1n) is 8.76. The molecule has 0 bridgehead atoms. The SMILES string of the molecule is CC1CCc2sc(C(=O)NNC(=O)c3cc([N+](=O)[O-])cc(S(C)(=O)=O)c3)cc2C1. The molecule has 11 heteroatoms. The van der Waals surface area contributed by atoms with Crippen LogP contribution in [0.1, 0.15) is 43.8 Å². The van der Waals surface area contributed by atoms with Gasteiger partial charge in [0.1, 0.15) is 0 Å². The lowest BCUT2D eigenvalue weighted by molar-refractivity contribution is -0.385. The van der Waals surface area contributed by atoms with Crippen molar-refractivity contribution in [3.63, 3.8) is 0 Å². The van der Waals surface area contributed by atoms with Gasteiger partial charge in [-0.2, -0.15) is 0 Å². The van der Waals surface area contributed by atoms with Crippen LogP contribution in [0.4, 0.5) is 5.69 Å². The molecule has 0 fully saturated rings. The van der Waals surface area contributed by atoms with Crippen LogP contribution < -0.4 is 10.9 Å². The minimum atomic E-state index is -3.77. The Morgan fingerprint density at radius 1 is 1.17 bits per heavy atom. The van der Waals surface area contributed by atoms with E-state index in [4.69, 9.17) is 0 Å². The number of hydrazine groups is 1.